The molecule has 0 bridgehead atoms. The first-order valence-electron chi connectivity index (χ1n) is 7.54. The molecular formula is C17H17Cl2N3O3S. The summed E-state index contributed by atoms with van der Waals surface area (Å²) < 4.78 is 30.2. The van der Waals surface area contributed by atoms with Crippen molar-refractivity contribution in [2.75, 3.05) is 0 Å². The molecule has 0 fully saturated rings. The highest BCUT2D eigenvalue weighted by atomic mass is 35.5. The van der Waals surface area contributed by atoms with Gasteiger partial charge in [0, 0.05) is 5.02 Å². The van der Waals surface area contributed by atoms with Crippen LogP contribution in [0.3, 0.4) is 0 Å². The molecule has 0 saturated heterocycles. The van der Waals surface area contributed by atoms with Gasteiger partial charge in [-0.3, -0.25) is 0 Å². The van der Waals surface area contributed by atoms with E-state index < -0.39 is 21.1 Å². The van der Waals surface area contributed by atoms with Crippen LogP contribution in [0.1, 0.15) is 23.1 Å². The lowest BCUT2D eigenvalue weighted by atomic mass is 10.1. The van der Waals surface area contributed by atoms with Crippen molar-refractivity contribution in [3.8, 4) is 0 Å². The Hall–Kier alpha value is -1.93. The van der Waals surface area contributed by atoms with Gasteiger partial charge in [0.2, 0.25) is 15.7 Å². The molecule has 0 aliphatic carbocycles. The SMILES string of the molecule is Cl.NC(Cc1ccccc1)c1nnc(S(=O)(=O)Cc2cccc(Cl)c2)o1. The van der Waals surface area contributed by atoms with Gasteiger partial charge in [0.1, 0.15) is 0 Å². The minimum atomic E-state index is -3.77. The second kappa shape index (κ2) is 8.64. The van der Waals surface area contributed by atoms with Gasteiger partial charge in [-0.05, 0) is 29.7 Å². The van der Waals surface area contributed by atoms with Crippen molar-refractivity contribution in [2.24, 2.45) is 5.73 Å². The first-order valence-corrected chi connectivity index (χ1v) is 9.57. The number of sulfone groups is 1. The number of hydrogen-bond donors (Lipinski definition) is 1. The number of benzene rings is 2. The minimum Gasteiger partial charge on any atom is -0.411 e. The first kappa shape index (κ1) is 20.4. The number of hydrogen-bond acceptors (Lipinski definition) is 6. The van der Waals surface area contributed by atoms with Crippen LogP contribution in [-0.2, 0) is 22.0 Å². The largest absolute Gasteiger partial charge is 0.411 e. The normalized spacial score (nSPS) is 12.4. The molecule has 1 unspecified atom stereocenters. The summed E-state index contributed by atoms with van der Waals surface area (Å²) in [4.78, 5) is 0. The van der Waals surface area contributed by atoms with Crippen LogP contribution in [0, 0.1) is 0 Å². The second-order valence-electron chi connectivity index (χ2n) is 5.59. The molecule has 2 N–H and O–H groups in total. The molecule has 0 amide bonds. The van der Waals surface area contributed by atoms with Crippen LogP contribution in [-0.4, -0.2) is 18.6 Å². The van der Waals surface area contributed by atoms with E-state index in [-0.39, 0.29) is 24.1 Å². The summed E-state index contributed by atoms with van der Waals surface area (Å²) in [7, 11) is -3.77. The van der Waals surface area contributed by atoms with Gasteiger partial charge >= 0.3 is 5.22 Å². The summed E-state index contributed by atoms with van der Waals surface area (Å²) >= 11 is 5.88. The molecule has 9 heteroatoms. The van der Waals surface area contributed by atoms with Crippen molar-refractivity contribution in [1.29, 1.82) is 0 Å². The van der Waals surface area contributed by atoms with Crippen molar-refractivity contribution in [3.63, 3.8) is 0 Å². The number of aromatic nitrogens is 2. The molecule has 0 aliphatic heterocycles. The van der Waals surface area contributed by atoms with Crippen LogP contribution < -0.4 is 5.73 Å². The fourth-order valence-electron chi connectivity index (χ4n) is 2.36. The zero-order chi connectivity index (χ0) is 17.9. The van der Waals surface area contributed by atoms with E-state index in [2.05, 4.69) is 10.2 Å². The Labute approximate surface area is 162 Å². The van der Waals surface area contributed by atoms with E-state index in [0.717, 1.165) is 5.56 Å². The molecule has 0 aliphatic rings. The molecule has 2 aromatic carbocycles. The zero-order valence-corrected chi connectivity index (χ0v) is 16.0. The van der Waals surface area contributed by atoms with Gasteiger partial charge in [-0.25, -0.2) is 8.42 Å². The van der Waals surface area contributed by atoms with E-state index in [1.807, 2.05) is 30.3 Å². The first-order chi connectivity index (χ1) is 11.9. The maximum absolute atomic E-state index is 12.4. The number of nitrogens with two attached hydrogens (primary N) is 1. The Bertz CT molecular complexity index is 962. The average Bonchev–Trinajstić information content (AvgIpc) is 3.06. The summed E-state index contributed by atoms with van der Waals surface area (Å²) in [6, 6.07) is 15.6. The lowest BCUT2D eigenvalue weighted by Gasteiger charge is -2.06. The molecule has 3 aromatic rings. The van der Waals surface area contributed by atoms with Crippen molar-refractivity contribution in [1.82, 2.24) is 10.2 Å². The van der Waals surface area contributed by atoms with Crippen LogP contribution in [0.25, 0.3) is 0 Å². The Balaban J connectivity index is 0.00000243. The molecule has 6 nitrogen and oxygen atoms in total. The van der Waals surface area contributed by atoms with Gasteiger partial charge in [-0.1, -0.05) is 59.2 Å². The Morgan fingerprint density at radius 3 is 2.42 bits per heavy atom. The summed E-state index contributed by atoms with van der Waals surface area (Å²) in [6.45, 7) is 0. The van der Waals surface area contributed by atoms with E-state index >= 15 is 0 Å². The molecular weight excluding hydrogens is 397 g/mol. The van der Waals surface area contributed by atoms with E-state index in [1.165, 1.54) is 0 Å². The van der Waals surface area contributed by atoms with Crippen molar-refractivity contribution < 1.29 is 12.8 Å². The third kappa shape index (κ3) is 5.04. The molecule has 1 aromatic heterocycles. The van der Waals surface area contributed by atoms with Gasteiger partial charge in [-0.15, -0.1) is 17.5 Å². The molecule has 1 atom stereocenters. The fourth-order valence-corrected chi connectivity index (χ4v) is 3.69. The zero-order valence-electron chi connectivity index (χ0n) is 13.6. The highest BCUT2D eigenvalue weighted by molar-refractivity contribution is 7.90. The Morgan fingerprint density at radius 2 is 1.73 bits per heavy atom. The second-order valence-corrected chi connectivity index (χ2v) is 7.90. The van der Waals surface area contributed by atoms with Crippen LogP contribution in [0.5, 0.6) is 0 Å². The Morgan fingerprint density at radius 1 is 1.04 bits per heavy atom. The molecule has 3 rings (SSSR count). The van der Waals surface area contributed by atoms with Crippen LogP contribution in [0.15, 0.2) is 64.2 Å². The maximum Gasteiger partial charge on any atom is 0.335 e. The standard InChI is InChI=1S/C17H16ClN3O3S.ClH/c18-14-8-4-7-13(9-14)11-25(22,23)17-21-20-16(24-17)15(19)10-12-5-2-1-3-6-12;/h1-9,15H,10-11,19H2;1H. The summed E-state index contributed by atoms with van der Waals surface area (Å²) in [5.74, 6) is -0.183. The van der Waals surface area contributed by atoms with Crippen molar-refractivity contribution in [2.45, 2.75) is 23.4 Å². The lowest BCUT2D eigenvalue weighted by molar-refractivity contribution is 0.372. The summed E-state index contributed by atoms with van der Waals surface area (Å²) in [6.07, 6.45) is 0.469. The maximum atomic E-state index is 12.4. The topological polar surface area (TPSA) is 99.1 Å². The molecule has 0 radical (unpaired) electrons. The predicted octanol–water partition coefficient (Wildman–Crippen LogP) is 3.36. The smallest absolute Gasteiger partial charge is 0.335 e. The summed E-state index contributed by atoms with van der Waals surface area (Å²) in [5.41, 5.74) is 7.59. The minimum absolute atomic E-state index is 0. The van der Waals surface area contributed by atoms with E-state index in [0.29, 0.717) is 17.0 Å². The molecule has 1 heterocycles. The fraction of sp³-hybridized carbons (Fsp3) is 0.176. The highest BCUT2D eigenvalue weighted by Gasteiger charge is 2.25. The average molecular weight is 414 g/mol. The highest BCUT2D eigenvalue weighted by Crippen LogP contribution is 2.21. The van der Waals surface area contributed by atoms with Gasteiger partial charge in [0.25, 0.3) is 0 Å². The van der Waals surface area contributed by atoms with E-state index in [1.54, 1.807) is 24.3 Å². The number of rotatable bonds is 6. The number of halogens is 2. The van der Waals surface area contributed by atoms with Gasteiger partial charge in [0.05, 0.1) is 11.8 Å². The monoisotopic (exact) mass is 413 g/mol. The quantitative estimate of drug-likeness (QED) is 0.664. The van der Waals surface area contributed by atoms with Crippen molar-refractivity contribution in [3.05, 3.63) is 76.6 Å². The van der Waals surface area contributed by atoms with Crippen molar-refractivity contribution >= 4 is 33.8 Å². The summed E-state index contributed by atoms with van der Waals surface area (Å²) in [5, 5.41) is 7.47. The number of nitrogens with zero attached hydrogens (tertiary/aromatic N) is 2. The third-order valence-corrected chi connectivity index (χ3v) is 5.20. The van der Waals surface area contributed by atoms with Gasteiger partial charge in [-0.2, -0.15) is 0 Å². The molecule has 0 spiro atoms. The Kier molecular flexibility index (Phi) is 6.77. The van der Waals surface area contributed by atoms with Crippen LogP contribution in [0.4, 0.5) is 0 Å². The third-order valence-electron chi connectivity index (χ3n) is 3.55. The van der Waals surface area contributed by atoms with Crippen LogP contribution in [0.2, 0.25) is 5.02 Å². The van der Waals surface area contributed by atoms with Crippen LogP contribution >= 0.6 is 24.0 Å². The van der Waals surface area contributed by atoms with E-state index in [4.69, 9.17) is 21.8 Å². The van der Waals surface area contributed by atoms with E-state index in [9.17, 15) is 8.42 Å². The van der Waals surface area contributed by atoms with Gasteiger partial charge < -0.3 is 10.2 Å². The van der Waals surface area contributed by atoms with Gasteiger partial charge in [0.15, 0.2) is 0 Å². The molecule has 0 saturated carbocycles. The molecule has 138 valence electrons. The predicted molar refractivity (Wildman–Crippen MR) is 101 cm³/mol. The lowest BCUT2D eigenvalue weighted by Crippen LogP contribution is -2.13. The molecule has 26 heavy (non-hydrogen) atoms.